The highest BCUT2D eigenvalue weighted by atomic mass is 35.5. The lowest BCUT2D eigenvalue weighted by molar-refractivity contribution is 0.0954. The summed E-state index contributed by atoms with van der Waals surface area (Å²) >= 11 is 12.6. The van der Waals surface area contributed by atoms with Gasteiger partial charge in [-0.1, -0.05) is 41.4 Å². The summed E-state index contributed by atoms with van der Waals surface area (Å²) in [5, 5.41) is 4.40. The number of carbonyl (C=O) groups is 1. The molecule has 0 saturated heterocycles. The molecule has 0 unspecified atom stereocenters. The number of methoxy groups -OCH3 is 1. The summed E-state index contributed by atoms with van der Waals surface area (Å²) in [6, 6.07) is 14.2. The zero-order valence-electron chi connectivity index (χ0n) is 17.9. The van der Waals surface area contributed by atoms with Crippen LogP contribution in [0.1, 0.15) is 28.4 Å². The number of hydrogen-bond donors (Lipinski definition) is 1. The molecule has 0 atom stereocenters. The summed E-state index contributed by atoms with van der Waals surface area (Å²) in [4.78, 5) is 12.4. The van der Waals surface area contributed by atoms with Crippen LogP contribution in [-0.4, -0.2) is 25.8 Å². The maximum absolute atomic E-state index is 13.8. The van der Waals surface area contributed by atoms with Crippen molar-refractivity contribution in [3.05, 3.63) is 87.2 Å². The highest BCUT2D eigenvalue weighted by Crippen LogP contribution is 2.34. The fourth-order valence-corrected chi connectivity index (χ4v) is 3.49. The van der Waals surface area contributed by atoms with Crippen LogP contribution in [0.3, 0.4) is 0 Å². The number of ether oxygens (including phenoxy) is 3. The summed E-state index contributed by atoms with van der Waals surface area (Å²) in [6.45, 7) is 2.24. The summed E-state index contributed by atoms with van der Waals surface area (Å²) in [5.41, 5.74) is 3.70. The first kappa shape index (κ1) is 24.4. The van der Waals surface area contributed by atoms with E-state index in [1.165, 1.54) is 19.4 Å². The fourth-order valence-electron chi connectivity index (χ4n) is 2.87. The molecule has 0 saturated carbocycles. The lowest BCUT2D eigenvalue weighted by Gasteiger charge is -2.11. The van der Waals surface area contributed by atoms with E-state index in [1.54, 1.807) is 48.5 Å². The van der Waals surface area contributed by atoms with Crippen LogP contribution in [0.25, 0.3) is 0 Å². The van der Waals surface area contributed by atoms with Crippen LogP contribution < -0.4 is 19.6 Å². The van der Waals surface area contributed by atoms with Crippen LogP contribution in [0.2, 0.25) is 10.0 Å². The Bertz CT molecular complexity index is 1150. The number of rotatable bonds is 9. The Hall–Kier alpha value is -3.29. The summed E-state index contributed by atoms with van der Waals surface area (Å²) in [5.74, 6) is 0.399. The molecule has 0 bridgehead atoms. The van der Waals surface area contributed by atoms with Gasteiger partial charge in [-0.3, -0.25) is 4.79 Å². The molecule has 0 aliphatic carbocycles. The first-order chi connectivity index (χ1) is 15.9. The van der Waals surface area contributed by atoms with E-state index in [1.807, 2.05) is 6.92 Å². The van der Waals surface area contributed by atoms with Gasteiger partial charge in [-0.25, -0.2) is 9.82 Å². The van der Waals surface area contributed by atoms with Crippen LogP contribution in [0.15, 0.2) is 59.7 Å². The van der Waals surface area contributed by atoms with Crippen molar-refractivity contribution >= 4 is 35.3 Å². The molecule has 0 aliphatic rings. The maximum atomic E-state index is 13.8. The Labute approximate surface area is 200 Å². The molecule has 0 spiro atoms. The minimum absolute atomic E-state index is 0.0266. The van der Waals surface area contributed by atoms with Crippen molar-refractivity contribution in [2.75, 3.05) is 13.7 Å². The van der Waals surface area contributed by atoms with E-state index in [4.69, 9.17) is 37.4 Å². The monoisotopic (exact) mass is 490 g/mol. The third-order valence-corrected chi connectivity index (χ3v) is 5.02. The van der Waals surface area contributed by atoms with Crippen LogP contribution in [0.5, 0.6) is 17.2 Å². The number of hydrazone groups is 1. The van der Waals surface area contributed by atoms with Crippen molar-refractivity contribution in [2.24, 2.45) is 5.10 Å². The van der Waals surface area contributed by atoms with Crippen molar-refractivity contribution in [2.45, 2.75) is 13.5 Å². The van der Waals surface area contributed by atoms with Crippen molar-refractivity contribution < 1.29 is 23.4 Å². The molecule has 3 rings (SSSR count). The largest absolute Gasteiger partial charge is 0.493 e. The highest BCUT2D eigenvalue weighted by Gasteiger charge is 2.12. The van der Waals surface area contributed by atoms with Gasteiger partial charge in [-0.05, 0) is 48.9 Å². The molecular formula is C24H21Cl2FN2O4. The van der Waals surface area contributed by atoms with Gasteiger partial charge in [-0.15, -0.1) is 0 Å². The van der Waals surface area contributed by atoms with Crippen LogP contribution in [-0.2, 0) is 6.61 Å². The maximum Gasteiger partial charge on any atom is 0.271 e. The van der Waals surface area contributed by atoms with E-state index >= 15 is 0 Å². The Kier molecular flexibility index (Phi) is 8.52. The van der Waals surface area contributed by atoms with Crippen molar-refractivity contribution in [3.8, 4) is 17.2 Å². The SMILES string of the molecule is CCOc1cc(C(=O)N/N=C/c2cc(Cl)c(OCc3ccccc3F)c(Cl)c2)ccc1OC. The first-order valence-corrected chi connectivity index (χ1v) is 10.7. The second-order valence-electron chi connectivity index (χ2n) is 6.69. The molecule has 3 aromatic rings. The van der Waals surface area contributed by atoms with E-state index < -0.39 is 5.91 Å². The third kappa shape index (κ3) is 6.37. The molecule has 0 aromatic heterocycles. The molecule has 0 aliphatic heterocycles. The quantitative estimate of drug-likeness (QED) is 0.300. The number of hydrogen-bond acceptors (Lipinski definition) is 5. The third-order valence-electron chi connectivity index (χ3n) is 4.46. The van der Waals surface area contributed by atoms with E-state index in [2.05, 4.69) is 10.5 Å². The van der Waals surface area contributed by atoms with E-state index in [-0.39, 0.29) is 28.2 Å². The van der Waals surface area contributed by atoms with Gasteiger partial charge in [0.05, 0.1) is 30.0 Å². The van der Waals surface area contributed by atoms with Gasteiger partial charge in [-0.2, -0.15) is 5.10 Å². The summed E-state index contributed by atoms with van der Waals surface area (Å²) in [7, 11) is 1.52. The van der Waals surface area contributed by atoms with Crippen LogP contribution in [0.4, 0.5) is 4.39 Å². The smallest absolute Gasteiger partial charge is 0.271 e. The van der Waals surface area contributed by atoms with Crippen LogP contribution >= 0.6 is 23.2 Å². The molecule has 0 heterocycles. The Morgan fingerprint density at radius 3 is 2.45 bits per heavy atom. The molecule has 6 nitrogen and oxygen atoms in total. The molecule has 1 amide bonds. The van der Waals surface area contributed by atoms with Crippen molar-refractivity contribution in [3.63, 3.8) is 0 Å². The predicted octanol–water partition coefficient (Wildman–Crippen LogP) is 5.88. The average molecular weight is 491 g/mol. The molecular weight excluding hydrogens is 470 g/mol. The lowest BCUT2D eigenvalue weighted by Crippen LogP contribution is -2.17. The van der Waals surface area contributed by atoms with Crippen molar-refractivity contribution in [1.29, 1.82) is 0 Å². The molecule has 33 heavy (non-hydrogen) atoms. The Morgan fingerprint density at radius 2 is 1.79 bits per heavy atom. The Balaban J connectivity index is 1.66. The summed E-state index contributed by atoms with van der Waals surface area (Å²) < 4.78 is 30.1. The van der Waals surface area contributed by atoms with Gasteiger partial charge < -0.3 is 14.2 Å². The van der Waals surface area contributed by atoms with Gasteiger partial charge in [0, 0.05) is 11.1 Å². The number of nitrogens with one attached hydrogen (secondary N) is 1. The highest BCUT2D eigenvalue weighted by molar-refractivity contribution is 6.37. The van der Waals surface area contributed by atoms with Crippen molar-refractivity contribution in [1.82, 2.24) is 5.43 Å². The number of amides is 1. The van der Waals surface area contributed by atoms with E-state index in [0.29, 0.717) is 34.8 Å². The van der Waals surface area contributed by atoms with Crippen LogP contribution in [0, 0.1) is 5.82 Å². The number of halogens is 3. The number of benzene rings is 3. The molecule has 9 heteroatoms. The zero-order valence-corrected chi connectivity index (χ0v) is 19.4. The molecule has 1 N–H and O–H groups in total. The predicted molar refractivity (Wildman–Crippen MR) is 126 cm³/mol. The van der Waals surface area contributed by atoms with Gasteiger partial charge in [0.2, 0.25) is 0 Å². The van der Waals surface area contributed by atoms with Gasteiger partial charge in [0.15, 0.2) is 17.2 Å². The average Bonchev–Trinajstić information content (AvgIpc) is 2.79. The molecule has 172 valence electrons. The van der Waals surface area contributed by atoms with Gasteiger partial charge >= 0.3 is 0 Å². The second-order valence-corrected chi connectivity index (χ2v) is 7.51. The number of nitrogens with zero attached hydrogens (tertiary/aromatic N) is 1. The minimum Gasteiger partial charge on any atom is -0.493 e. The Morgan fingerprint density at radius 1 is 1.06 bits per heavy atom. The summed E-state index contributed by atoms with van der Waals surface area (Å²) in [6.07, 6.45) is 1.39. The molecule has 0 fully saturated rings. The molecule has 0 radical (unpaired) electrons. The first-order valence-electron chi connectivity index (χ1n) is 9.92. The second kappa shape index (κ2) is 11.5. The fraction of sp³-hybridized carbons (Fsp3) is 0.167. The zero-order chi connectivity index (χ0) is 23.8. The minimum atomic E-state index is -0.433. The van der Waals surface area contributed by atoms with Gasteiger partial charge in [0.25, 0.3) is 5.91 Å². The number of carbonyl (C=O) groups excluding carboxylic acids is 1. The normalized spacial score (nSPS) is 10.8. The van der Waals surface area contributed by atoms with E-state index in [9.17, 15) is 9.18 Å². The topological polar surface area (TPSA) is 69.2 Å². The van der Waals surface area contributed by atoms with Gasteiger partial charge in [0.1, 0.15) is 12.4 Å². The lowest BCUT2D eigenvalue weighted by atomic mass is 10.2. The standard InChI is InChI=1S/C24H21Cl2FN2O4/c1-3-32-22-12-16(8-9-21(22)31-2)24(30)29-28-13-15-10-18(25)23(19(26)11-15)33-14-17-6-4-5-7-20(17)27/h4-13H,3,14H2,1-2H3,(H,29,30)/b28-13+. The molecule has 3 aromatic carbocycles. The van der Waals surface area contributed by atoms with E-state index in [0.717, 1.165) is 0 Å².